The highest BCUT2D eigenvalue weighted by molar-refractivity contribution is 9.10. The first-order valence-electron chi connectivity index (χ1n) is 6.19. The second kappa shape index (κ2) is 6.61. The van der Waals surface area contributed by atoms with Crippen molar-refractivity contribution in [1.29, 1.82) is 0 Å². The van der Waals surface area contributed by atoms with Crippen molar-refractivity contribution >= 4 is 21.7 Å². The Morgan fingerprint density at radius 1 is 1.26 bits per heavy atom. The molecule has 0 radical (unpaired) electrons. The van der Waals surface area contributed by atoms with Crippen molar-refractivity contribution in [2.24, 2.45) is 0 Å². The lowest BCUT2D eigenvalue weighted by atomic mass is 10.1. The highest BCUT2D eigenvalue weighted by atomic mass is 79.9. The van der Waals surface area contributed by atoms with Crippen LogP contribution in [0.25, 0.3) is 0 Å². The Balaban J connectivity index is 1.96. The summed E-state index contributed by atoms with van der Waals surface area (Å²) in [7, 11) is 0. The van der Waals surface area contributed by atoms with E-state index in [4.69, 9.17) is 0 Å². The Labute approximate surface area is 120 Å². The lowest BCUT2D eigenvalue weighted by Gasteiger charge is -2.08. The van der Waals surface area contributed by atoms with Gasteiger partial charge in [0.1, 0.15) is 22.1 Å². The second-order valence-corrected chi connectivity index (χ2v) is 4.93. The number of anilines is 1. The first kappa shape index (κ1) is 13.9. The van der Waals surface area contributed by atoms with Crippen LogP contribution in [0.5, 0.6) is 0 Å². The van der Waals surface area contributed by atoms with Crippen LogP contribution in [0, 0.1) is 5.82 Å². The Morgan fingerprint density at radius 2 is 2.05 bits per heavy atom. The quantitative estimate of drug-likeness (QED) is 0.854. The summed E-state index contributed by atoms with van der Waals surface area (Å²) >= 11 is 3.35. The lowest BCUT2D eigenvalue weighted by molar-refractivity contribution is 0.610. The molecule has 0 bridgehead atoms. The standard InChI is InChI=1S/C14H15BrFN3/c1-2-13-18-12(15)9-14(19-13)17-8-7-10-5-3-4-6-11(10)16/h3-6,9H,2,7-8H2,1H3,(H,17,18,19). The summed E-state index contributed by atoms with van der Waals surface area (Å²) in [6.45, 7) is 2.64. The minimum Gasteiger partial charge on any atom is -0.370 e. The van der Waals surface area contributed by atoms with Crippen LogP contribution in [-0.4, -0.2) is 16.5 Å². The molecule has 0 aliphatic carbocycles. The molecular weight excluding hydrogens is 309 g/mol. The topological polar surface area (TPSA) is 37.8 Å². The molecule has 0 spiro atoms. The monoisotopic (exact) mass is 323 g/mol. The maximum atomic E-state index is 13.4. The third-order valence-electron chi connectivity index (χ3n) is 2.72. The summed E-state index contributed by atoms with van der Waals surface area (Å²) in [4.78, 5) is 8.60. The van der Waals surface area contributed by atoms with Gasteiger partial charge in [-0.15, -0.1) is 0 Å². The molecule has 0 aliphatic rings. The lowest BCUT2D eigenvalue weighted by Crippen LogP contribution is -2.09. The van der Waals surface area contributed by atoms with Gasteiger partial charge in [0, 0.05) is 19.0 Å². The van der Waals surface area contributed by atoms with E-state index in [2.05, 4.69) is 31.2 Å². The minimum atomic E-state index is -0.164. The molecule has 100 valence electrons. The molecule has 0 saturated heterocycles. The van der Waals surface area contributed by atoms with E-state index in [-0.39, 0.29) is 5.82 Å². The highest BCUT2D eigenvalue weighted by Crippen LogP contribution is 2.13. The van der Waals surface area contributed by atoms with Crippen molar-refractivity contribution in [2.75, 3.05) is 11.9 Å². The first-order valence-corrected chi connectivity index (χ1v) is 6.99. The summed E-state index contributed by atoms with van der Waals surface area (Å²) < 4.78 is 14.2. The second-order valence-electron chi connectivity index (χ2n) is 4.11. The number of rotatable bonds is 5. The first-order chi connectivity index (χ1) is 9.19. The molecule has 0 aliphatic heterocycles. The van der Waals surface area contributed by atoms with E-state index in [1.54, 1.807) is 12.1 Å². The molecular formula is C14H15BrFN3. The third kappa shape index (κ3) is 3.99. The van der Waals surface area contributed by atoms with Gasteiger partial charge >= 0.3 is 0 Å². The molecule has 3 nitrogen and oxygen atoms in total. The fourth-order valence-electron chi connectivity index (χ4n) is 1.74. The summed E-state index contributed by atoms with van der Waals surface area (Å²) in [5.41, 5.74) is 0.707. The van der Waals surface area contributed by atoms with E-state index in [1.807, 2.05) is 19.1 Å². The van der Waals surface area contributed by atoms with Crippen molar-refractivity contribution in [3.8, 4) is 0 Å². The normalized spacial score (nSPS) is 10.5. The predicted molar refractivity (Wildman–Crippen MR) is 77.7 cm³/mol. The maximum absolute atomic E-state index is 13.4. The summed E-state index contributed by atoms with van der Waals surface area (Å²) in [5.74, 6) is 1.38. The molecule has 0 fully saturated rings. The van der Waals surface area contributed by atoms with Crippen molar-refractivity contribution < 1.29 is 4.39 Å². The van der Waals surface area contributed by atoms with Crippen molar-refractivity contribution in [3.05, 3.63) is 52.1 Å². The Hall–Kier alpha value is -1.49. The molecule has 19 heavy (non-hydrogen) atoms. The van der Waals surface area contributed by atoms with Gasteiger partial charge in [0.25, 0.3) is 0 Å². The van der Waals surface area contributed by atoms with Crippen molar-refractivity contribution in [3.63, 3.8) is 0 Å². The maximum Gasteiger partial charge on any atom is 0.131 e. The number of nitrogens with zero attached hydrogens (tertiary/aromatic N) is 2. The Bertz CT molecular complexity index is 560. The van der Waals surface area contributed by atoms with Crippen LogP contribution >= 0.6 is 15.9 Å². The number of hydrogen-bond acceptors (Lipinski definition) is 3. The molecule has 0 saturated carbocycles. The average Bonchev–Trinajstić information content (AvgIpc) is 2.40. The zero-order valence-electron chi connectivity index (χ0n) is 10.7. The Kier molecular flexibility index (Phi) is 4.85. The molecule has 1 heterocycles. The molecule has 1 aromatic carbocycles. The van der Waals surface area contributed by atoms with Gasteiger partial charge in [0.15, 0.2) is 0 Å². The van der Waals surface area contributed by atoms with E-state index >= 15 is 0 Å². The molecule has 0 amide bonds. The van der Waals surface area contributed by atoms with Crippen molar-refractivity contribution in [2.45, 2.75) is 19.8 Å². The minimum absolute atomic E-state index is 0.164. The van der Waals surface area contributed by atoms with E-state index in [9.17, 15) is 4.39 Å². The molecule has 2 aromatic rings. The zero-order valence-corrected chi connectivity index (χ0v) is 12.2. The van der Waals surface area contributed by atoms with Crippen LogP contribution in [0.3, 0.4) is 0 Å². The number of hydrogen-bond donors (Lipinski definition) is 1. The van der Waals surface area contributed by atoms with E-state index in [0.717, 1.165) is 22.7 Å². The molecule has 2 rings (SSSR count). The van der Waals surface area contributed by atoms with Gasteiger partial charge in [0.2, 0.25) is 0 Å². The van der Waals surface area contributed by atoms with Crippen LogP contribution in [0.2, 0.25) is 0 Å². The van der Waals surface area contributed by atoms with E-state index < -0.39 is 0 Å². The van der Waals surface area contributed by atoms with Gasteiger partial charge < -0.3 is 5.32 Å². The van der Waals surface area contributed by atoms with Gasteiger partial charge in [-0.05, 0) is 34.0 Å². The highest BCUT2D eigenvalue weighted by Gasteiger charge is 2.03. The Morgan fingerprint density at radius 3 is 2.79 bits per heavy atom. The van der Waals surface area contributed by atoms with Gasteiger partial charge in [-0.1, -0.05) is 25.1 Å². The largest absolute Gasteiger partial charge is 0.370 e. The molecule has 5 heteroatoms. The van der Waals surface area contributed by atoms with Gasteiger partial charge in [-0.25, -0.2) is 14.4 Å². The fraction of sp³-hybridized carbons (Fsp3) is 0.286. The summed E-state index contributed by atoms with van der Waals surface area (Å²) in [5, 5.41) is 3.19. The summed E-state index contributed by atoms with van der Waals surface area (Å²) in [6.07, 6.45) is 1.40. The molecule has 0 atom stereocenters. The number of nitrogens with one attached hydrogen (secondary N) is 1. The molecule has 1 aromatic heterocycles. The molecule has 1 N–H and O–H groups in total. The SMILES string of the molecule is CCc1nc(Br)cc(NCCc2ccccc2F)n1. The van der Waals surface area contributed by atoms with Gasteiger partial charge in [-0.3, -0.25) is 0 Å². The predicted octanol–water partition coefficient (Wildman–Crippen LogP) is 3.60. The number of aromatic nitrogens is 2. The van der Waals surface area contributed by atoms with Crippen LogP contribution in [0.4, 0.5) is 10.2 Å². The van der Waals surface area contributed by atoms with E-state index in [1.165, 1.54) is 6.07 Å². The molecule has 0 unspecified atom stereocenters. The van der Waals surface area contributed by atoms with Crippen LogP contribution in [0.15, 0.2) is 34.9 Å². The number of aryl methyl sites for hydroxylation is 1. The number of halogens is 2. The van der Waals surface area contributed by atoms with Crippen LogP contribution < -0.4 is 5.32 Å². The number of benzene rings is 1. The van der Waals surface area contributed by atoms with Crippen molar-refractivity contribution in [1.82, 2.24) is 9.97 Å². The zero-order chi connectivity index (χ0) is 13.7. The van der Waals surface area contributed by atoms with E-state index in [0.29, 0.717) is 18.5 Å². The average molecular weight is 324 g/mol. The van der Waals surface area contributed by atoms with Gasteiger partial charge in [-0.2, -0.15) is 0 Å². The van der Waals surface area contributed by atoms with Crippen LogP contribution in [0.1, 0.15) is 18.3 Å². The van der Waals surface area contributed by atoms with Crippen LogP contribution in [-0.2, 0) is 12.8 Å². The third-order valence-corrected chi connectivity index (χ3v) is 3.12. The summed E-state index contributed by atoms with van der Waals surface area (Å²) in [6, 6.07) is 8.63. The smallest absolute Gasteiger partial charge is 0.131 e. The fourth-order valence-corrected chi connectivity index (χ4v) is 2.16. The van der Waals surface area contributed by atoms with Gasteiger partial charge in [0.05, 0.1) is 0 Å².